The van der Waals surface area contributed by atoms with Crippen LogP contribution in [0.3, 0.4) is 0 Å². The zero-order chi connectivity index (χ0) is 23.1. The molecule has 0 aliphatic carbocycles. The van der Waals surface area contributed by atoms with Gasteiger partial charge in [-0.3, -0.25) is 9.59 Å². The predicted molar refractivity (Wildman–Crippen MR) is 128 cm³/mol. The minimum absolute atomic E-state index is 0.0991. The van der Waals surface area contributed by atoms with Crippen LogP contribution in [0, 0.1) is 11.8 Å². The van der Waals surface area contributed by atoms with Crippen LogP contribution in [0.2, 0.25) is 0 Å². The van der Waals surface area contributed by atoms with E-state index >= 15 is 0 Å². The van der Waals surface area contributed by atoms with Crippen LogP contribution in [-0.2, 0) is 0 Å². The lowest BCUT2D eigenvalue weighted by molar-refractivity contribution is 0.0137. The zero-order valence-electron chi connectivity index (χ0n) is 18.3. The molecule has 4 atom stereocenters. The van der Waals surface area contributed by atoms with Gasteiger partial charge in [0.1, 0.15) is 23.7 Å². The number of carbonyl (C=O) groups is 2. The highest BCUT2D eigenvalue weighted by atomic mass is 16.5. The lowest BCUT2D eigenvalue weighted by atomic mass is 9.70. The van der Waals surface area contributed by atoms with E-state index in [2.05, 4.69) is 0 Å². The van der Waals surface area contributed by atoms with Gasteiger partial charge in [-0.05, 0) is 35.4 Å². The van der Waals surface area contributed by atoms with Crippen LogP contribution >= 0.6 is 0 Å². The molecule has 0 N–H and O–H groups in total. The summed E-state index contributed by atoms with van der Waals surface area (Å²) in [5, 5.41) is 0. The number of carbonyl (C=O) groups excluding carboxylic acids is 2. The SMILES string of the molecule is O=C1c2ccccc2O[C@H](c2ccccc2)[C@H]1[C@H]1C(=O)c2ccccc2O[C@@H]1c1ccccc1. The Morgan fingerprint density at radius 1 is 0.441 bits per heavy atom. The van der Waals surface area contributed by atoms with Gasteiger partial charge in [0.15, 0.2) is 11.6 Å². The largest absolute Gasteiger partial charge is 0.484 e. The maximum absolute atomic E-state index is 14.0. The first-order chi connectivity index (χ1) is 16.7. The monoisotopic (exact) mass is 446 g/mol. The van der Waals surface area contributed by atoms with Crippen molar-refractivity contribution in [3.8, 4) is 11.5 Å². The molecule has 4 aromatic rings. The van der Waals surface area contributed by atoms with Crippen molar-refractivity contribution in [1.29, 1.82) is 0 Å². The van der Waals surface area contributed by atoms with Gasteiger partial charge in [-0.25, -0.2) is 0 Å². The summed E-state index contributed by atoms with van der Waals surface area (Å²) in [6.45, 7) is 0. The molecule has 4 aromatic carbocycles. The van der Waals surface area contributed by atoms with E-state index in [9.17, 15) is 9.59 Å². The molecule has 4 heteroatoms. The van der Waals surface area contributed by atoms with E-state index < -0.39 is 24.0 Å². The molecular weight excluding hydrogens is 424 g/mol. The summed E-state index contributed by atoms with van der Waals surface area (Å²) in [6.07, 6.45) is -1.23. The van der Waals surface area contributed by atoms with Crippen molar-refractivity contribution in [2.45, 2.75) is 12.2 Å². The standard InChI is InChI=1S/C30H22O4/c31-27-21-15-7-9-17-23(21)33-29(19-11-3-1-4-12-19)25(27)26-28(32)22-16-8-10-18-24(22)34-30(26)20-13-5-2-6-14-20/h1-18,25-26,29-30H/t25-,26-,29+,30+/m0/s1. The van der Waals surface area contributed by atoms with Crippen LogP contribution in [0.25, 0.3) is 0 Å². The van der Waals surface area contributed by atoms with Crippen LogP contribution in [0.1, 0.15) is 44.1 Å². The Morgan fingerprint density at radius 2 is 0.794 bits per heavy atom. The Labute approximate surface area is 197 Å². The summed E-state index contributed by atoms with van der Waals surface area (Å²) in [7, 11) is 0. The van der Waals surface area contributed by atoms with E-state index in [0.29, 0.717) is 22.6 Å². The smallest absolute Gasteiger partial charge is 0.174 e. The van der Waals surface area contributed by atoms with Crippen LogP contribution in [-0.4, -0.2) is 11.6 Å². The van der Waals surface area contributed by atoms with Crippen molar-refractivity contribution in [3.05, 3.63) is 131 Å². The number of rotatable bonds is 3. The minimum atomic E-state index is -0.747. The molecule has 0 spiro atoms. The molecule has 0 unspecified atom stereocenters. The third-order valence-electron chi connectivity index (χ3n) is 6.71. The molecule has 0 fully saturated rings. The molecule has 0 amide bonds. The Hall–Kier alpha value is -4.18. The summed E-state index contributed by atoms with van der Waals surface area (Å²) >= 11 is 0. The van der Waals surface area contributed by atoms with Gasteiger partial charge in [-0.15, -0.1) is 0 Å². The molecule has 166 valence electrons. The van der Waals surface area contributed by atoms with Gasteiger partial charge in [0, 0.05) is 0 Å². The molecule has 2 heterocycles. The summed E-state index contributed by atoms with van der Waals surface area (Å²) in [6, 6.07) is 33.8. The number of hydrogen-bond donors (Lipinski definition) is 0. The fourth-order valence-electron chi connectivity index (χ4n) is 5.14. The second-order valence-electron chi connectivity index (χ2n) is 8.67. The van der Waals surface area contributed by atoms with E-state index in [4.69, 9.17) is 9.47 Å². The average molecular weight is 447 g/mol. The fraction of sp³-hybridized carbons (Fsp3) is 0.133. The first-order valence-electron chi connectivity index (χ1n) is 11.4. The lowest BCUT2D eigenvalue weighted by Crippen LogP contribution is -2.45. The molecule has 6 rings (SSSR count). The topological polar surface area (TPSA) is 52.6 Å². The van der Waals surface area contributed by atoms with E-state index in [1.54, 1.807) is 12.1 Å². The van der Waals surface area contributed by atoms with E-state index in [0.717, 1.165) is 11.1 Å². The van der Waals surface area contributed by atoms with Crippen LogP contribution in [0.4, 0.5) is 0 Å². The van der Waals surface area contributed by atoms with Crippen molar-refractivity contribution < 1.29 is 19.1 Å². The Morgan fingerprint density at radius 3 is 1.21 bits per heavy atom. The molecule has 0 saturated heterocycles. The predicted octanol–water partition coefficient (Wildman–Crippen LogP) is 6.25. The molecule has 2 aliphatic heterocycles. The molecule has 34 heavy (non-hydrogen) atoms. The summed E-state index contributed by atoms with van der Waals surface area (Å²) in [5.74, 6) is -0.612. The van der Waals surface area contributed by atoms with Gasteiger partial charge in [-0.2, -0.15) is 0 Å². The second-order valence-corrected chi connectivity index (χ2v) is 8.67. The molecule has 0 aromatic heterocycles. The maximum Gasteiger partial charge on any atom is 0.174 e. The molecule has 0 bridgehead atoms. The molecule has 0 saturated carbocycles. The normalized spacial score (nSPS) is 23.3. The quantitative estimate of drug-likeness (QED) is 0.373. The van der Waals surface area contributed by atoms with Crippen molar-refractivity contribution in [1.82, 2.24) is 0 Å². The highest BCUT2D eigenvalue weighted by molar-refractivity contribution is 6.08. The maximum atomic E-state index is 14.0. The molecule has 4 nitrogen and oxygen atoms in total. The van der Waals surface area contributed by atoms with Crippen molar-refractivity contribution >= 4 is 11.6 Å². The molecular formula is C30H22O4. The number of benzene rings is 4. The number of ketones is 2. The highest BCUT2D eigenvalue weighted by Crippen LogP contribution is 2.50. The molecule has 0 radical (unpaired) electrons. The van der Waals surface area contributed by atoms with Gasteiger partial charge in [-0.1, -0.05) is 84.9 Å². The van der Waals surface area contributed by atoms with Gasteiger partial charge >= 0.3 is 0 Å². The summed E-state index contributed by atoms with van der Waals surface area (Å²) in [4.78, 5) is 28.1. The Bertz CT molecular complexity index is 1260. The number of para-hydroxylation sites is 2. The van der Waals surface area contributed by atoms with E-state index in [1.807, 2.05) is 97.1 Å². The fourth-order valence-corrected chi connectivity index (χ4v) is 5.14. The van der Waals surface area contributed by atoms with Crippen LogP contribution in [0.5, 0.6) is 11.5 Å². The highest BCUT2D eigenvalue weighted by Gasteiger charge is 2.52. The Balaban J connectivity index is 1.55. The lowest BCUT2D eigenvalue weighted by Gasteiger charge is -2.42. The van der Waals surface area contributed by atoms with Crippen LogP contribution < -0.4 is 9.47 Å². The van der Waals surface area contributed by atoms with Crippen molar-refractivity contribution in [2.24, 2.45) is 11.8 Å². The number of hydrogen-bond acceptors (Lipinski definition) is 4. The van der Waals surface area contributed by atoms with E-state index in [-0.39, 0.29) is 11.6 Å². The van der Waals surface area contributed by atoms with Crippen molar-refractivity contribution in [2.75, 3.05) is 0 Å². The van der Waals surface area contributed by atoms with Gasteiger partial charge in [0.25, 0.3) is 0 Å². The average Bonchev–Trinajstić information content (AvgIpc) is 2.90. The van der Waals surface area contributed by atoms with Crippen LogP contribution in [0.15, 0.2) is 109 Å². The van der Waals surface area contributed by atoms with Gasteiger partial charge < -0.3 is 9.47 Å². The number of fused-ring (bicyclic) bond motifs is 2. The third kappa shape index (κ3) is 3.30. The van der Waals surface area contributed by atoms with E-state index in [1.165, 1.54) is 0 Å². The Kier molecular flexibility index (Phi) is 4.99. The number of ether oxygens (including phenoxy) is 2. The summed E-state index contributed by atoms with van der Waals surface area (Å²) in [5.41, 5.74) is 2.71. The first kappa shape index (κ1) is 20.4. The van der Waals surface area contributed by atoms with Gasteiger partial charge in [0.05, 0.1) is 23.0 Å². The van der Waals surface area contributed by atoms with Crippen molar-refractivity contribution in [3.63, 3.8) is 0 Å². The first-order valence-corrected chi connectivity index (χ1v) is 11.4. The zero-order valence-corrected chi connectivity index (χ0v) is 18.3. The summed E-state index contributed by atoms with van der Waals surface area (Å²) < 4.78 is 12.9. The second kappa shape index (κ2) is 8.31. The minimum Gasteiger partial charge on any atom is -0.484 e. The molecule has 2 aliphatic rings. The number of Topliss-reactive ketones (excluding diaryl/α,β-unsaturated/α-hetero) is 2. The van der Waals surface area contributed by atoms with Gasteiger partial charge in [0.2, 0.25) is 0 Å². The third-order valence-corrected chi connectivity index (χ3v) is 6.71.